The molecule has 1 aliphatic rings. The fraction of sp³-hybridized carbons (Fsp3) is 0.583. The molecule has 92 valence electrons. The molecule has 1 amide bonds. The van der Waals surface area contributed by atoms with Crippen LogP contribution in [0.3, 0.4) is 0 Å². The van der Waals surface area contributed by atoms with E-state index in [9.17, 15) is 4.79 Å². The maximum atomic E-state index is 11.7. The summed E-state index contributed by atoms with van der Waals surface area (Å²) in [5, 5.41) is 5.72. The molecule has 17 heavy (non-hydrogen) atoms. The number of amides is 1. The number of rotatable bonds is 6. The molecule has 0 spiro atoms. The number of carbonyl (C=O) groups excluding carboxylic acids is 1. The maximum Gasteiger partial charge on any atom is 0.271 e. The lowest BCUT2D eigenvalue weighted by Gasteiger charge is -2.05. The van der Waals surface area contributed by atoms with Crippen molar-refractivity contribution in [1.29, 1.82) is 0 Å². The normalized spacial score (nSPS) is 14.4. The van der Waals surface area contributed by atoms with Gasteiger partial charge in [0.25, 0.3) is 5.91 Å². The van der Waals surface area contributed by atoms with Crippen molar-refractivity contribution in [2.45, 2.75) is 25.7 Å². The molecule has 0 bridgehead atoms. The van der Waals surface area contributed by atoms with Gasteiger partial charge in [-0.1, -0.05) is 12.8 Å². The first kappa shape index (κ1) is 11.8. The third-order valence-electron chi connectivity index (χ3n) is 2.89. The second-order valence-electron chi connectivity index (χ2n) is 4.38. The zero-order valence-corrected chi connectivity index (χ0v) is 10.1. The number of anilines is 1. The summed E-state index contributed by atoms with van der Waals surface area (Å²) in [5.41, 5.74) is 0.364. The molecule has 5 nitrogen and oxygen atoms in total. The fourth-order valence-corrected chi connectivity index (χ4v) is 1.69. The van der Waals surface area contributed by atoms with E-state index in [1.165, 1.54) is 25.5 Å². The Morgan fingerprint density at radius 2 is 2.29 bits per heavy atom. The van der Waals surface area contributed by atoms with Gasteiger partial charge in [0.1, 0.15) is 11.5 Å². The van der Waals surface area contributed by atoms with Crippen LogP contribution in [0, 0.1) is 5.92 Å². The standard InChI is InChI=1S/C12H18N4O/c1-13-11-8-14-7-10(16-11)12(17)15-6-2-3-9-4-5-9/h7-9H,2-6H2,1H3,(H,13,16)(H,15,17). The van der Waals surface area contributed by atoms with E-state index in [1.807, 2.05) is 0 Å². The van der Waals surface area contributed by atoms with Crippen LogP contribution in [-0.4, -0.2) is 29.5 Å². The Kier molecular flexibility index (Phi) is 3.90. The van der Waals surface area contributed by atoms with Crippen LogP contribution >= 0.6 is 0 Å². The lowest BCUT2D eigenvalue weighted by molar-refractivity contribution is 0.0947. The van der Waals surface area contributed by atoms with Crippen molar-refractivity contribution in [3.05, 3.63) is 18.1 Å². The zero-order chi connectivity index (χ0) is 12.1. The van der Waals surface area contributed by atoms with E-state index in [1.54, 1.807) is 13.2 Å². The molecule has 0 aromatic carbocycles. The third-order valence-corrected chi connectivity index (χ3v) is 2.89. The van der Waals surface area contributed by atoms with E-state index >= 15 is 0 Å². The minimum Gasteiger partial charge on any atom is -0.372 e. The molecule has 1 aromatic rings. The zero-order valence-electron chi connectivity index (χ0n) is 10.1. The van der Waals surface area contributed by atoms with Crippen LogP contribution in [0.2, 0.25) is 0 Å². The monoisotopic (exact) mass is 234 g/mol. The summed E-state index contributed by atoms with van der Waals surface area (Å²) in [7, 11) is 1.75. The first-order chi connectivity index (χ1) is 8.29. The van der Waals surface area contributed by atoms with Gasteiger partial charge in [-0.2, -0.15) is 0 Å². The van der Waals surface area contributed by atoms with Gasteiger partial charge in [-0.3, -0.25) is 9.78 Å². The smallest absolute Gasteiger partial charge is 0.271 e. The van der Waals surface area contributed by atoms with Gasteiger partial charge in [0.15, 0.2) is 0 Å². The number of nitrogens with zero attached hydrogens (tertiary/aromatic N) is 2. The topological polar surface area (TPSA) is 66.9 Å². The van der Waals surface area contributed by atoms with Crippen LogP contribution in [0.5, 0.6) is 0 Å². The molecule has 0 radical (unpaired) electrons. The Morgan fingerprint density at radius 3 is 3.00 bits per heavy atom. The number of aromatic nitrogens is 2. The van der Waals surface area contributed by atoms with Crippen molar-refractivity contribution in [1.82, 2.24) is 15.3 Å². The molecule has 1 aliphatic carbocycles. The molecular formula is C12H18N4O. The number of nitrogens with one attached hydrogen (secondary N) is 2. The Hall–Kier alpha value is -1.65. The Balaban J connectivity index is 1.76. The van der Waals surface area contributed by atoms with Gasteiger partial charge in [0, 0.05) is 13.6 Å². The molecule has 0 unspecified atom stereocenters. The summed E-state index contributed by atoms with van der Waals surface area (Å²) < 4.78 is 0. The quantitative estimate of drug-likeness (QED) is 0.731. The fourth-order valence-electron chi connectivity index (χ4n) is 1.69. The molecule has 1 aromatic heterocycles. The second-order valence-corrected chi connectivity index (χ2v) is 4.38. The summed E-state index contributed by atoms with van der Waals surface area (Å²) in [4.78, 5) is 19.8. The summed E-state index contributed by atoms with van der Waals surface area (Å²) >= 11 is 0. The van der Waals surface area contributed by atoms with Crippen molar-refractivity contribution in [2.24, 2.45) is 5.92 Å². The van der Waals surface area contributed by atoms with Crippen LogP contribution in [0.15, 0.2) is 12.4 Å². The number of hydrogen-bond donors (Lipinski definition) is 2. The second kappa shape index (κ2) is 5.61. The Morgan fingerprint density at radius 1 is 1.47 bits per heavy atom. The molecule has 0 atom stereocenters. The van der Waals surface area contributed by atoms with Crippen molar-refractivity contribution >= 4 is 11.7 Å². The van der Waals surface area contributed by atoms with Gasteiger partial charge in [-0.05, 0) is 18.8 Å². The lowest BCUT2D eigenvalue weighted by atomic mass is 10.2. The van der Waals surface area contributed by atoms with E-state index < -0.39 is 0 Å². The highest BCUT2D eigenvalue weighted by Crippen LogP contribution is 2.33. The summed E-state index contributed by atoms with van der Waals surface area (Å²) in [5.74, 6) is 1.38. The highest BCUT2D eigenvalue weighted by molar-refractivity contribution is 5.92. The van der Waals surface area contributed by atoms with Gasteiger partial charge in [-0.15, -0.1) is 0 Å². The molecule has 2 N–H and O–H groups in total. The average Bonchev–Trinajstić information content (AvgIpc) is 3.18. The van der Waals surface area contributed by atoms with Gasteiger partial charge in [0.2, 0.25) is 0 Å². The third kappa shape index (κ3) is 3.69. The van der Waals surface area contributed by atoms with Crippen molar-refractivity contribution in [3.63, 3.8) is 0 Å². The molecule has 1 fully saturated rings. The van der Waals surface area contributed by atoms with Gasteiger partial charge >= 0.3 is 0 Å². The van der Waals surface area contributed by atoms with E-state index in [0.717, 1.165) is 18.9 Å². The van der Waals surface area contributed by atoms with E-state index in [0.29, 0.717) is 11.5 Å². The molecule has 5 heteroatoms. The highest BCUT2D eigenvalue weighted by atomic mass is 16.1. The van der Waals surface area contributed by atoms with Crippen LogP contribution < -0.4 is 10.6 Å². The summed E-state index contributed by atoms with van der Waals surface area (Å²) in [6.07, 6.45) is 8.08. The molecule has 0 aliphatic heterocycles. The first-order valence-corrected chi connectivity index (χ1v) is 6.07. The average molecular weight is 234 g/mol. The maximum absolute atomic E-state index is 11.7. The van der Waals surface area contributed by atoms with Crippen LogP contribution in [0.1, 0.15) is 36.2 Å². The van der Waals surface area contributed by atoms with Crippen molar-refractivity contribution < 1.29 is 4.79 Å². The lowest BCUT2D eigenvalue weighted by Crippen LogP contribution is -2.25. The Labute approximate surface area is 101 Å². The van der Waals surface area contributed by atoms with Gasteiger partial charge in [-0.25, -0.2) is 4.98 Å². The molecule has 0 saturated heterocycles. The SMILES string of the molecule is CNc1cncc(C(=O)NCCCC2CC2)n1. The summed E-state index contributed by atoms with van der Waals surface area (Å²) in [6.45, 7) is 0.723. The summed E-state index contributed by atoms with van der Waals surface area (Å²) in [6, 6.07) is 0. The van der Waals surface area contributed by atoms with Crippen molar-refractivity contribution in [2.75, 3.05) is 18.9 Å². The minimum absolute atomic E-state index is 0.148. The molecular weight excluding hydrogens is 216 g/mol. The van der Waals surface area contributed by atoms with Crippen LogP contribution in [-0.2, 0) is 0 Å². The molecule has 1 saturated carbocycles. The highest BCUT2D eigenvalue weighted by Gasteiger charge is 2.20. The van der Waals surface area contributed by atoms with Gasteiger partial charge in [0.05, 0.1) is 12.4 Å². The number of carbonyl (C=O) groups is 1. The van der Waals surface area contributed by atoms with Crippen molar-refractivity contribution in [3.8, 4) is 0 Å². The van der Waals surface area contributed by atoms with Gasteiger partial charge < -0.3 is 10.6 Å². The van der Waals surface area contributed by atoms with E-state index in [4.69, 9.17) is 0 Å². The molecule has 2 rings (SSSR count). The Bertz CT molecular complexity index is 390. The van der Waals surface area contributed by atoms with E-state index in [2.05, 4.69) is 20.6 Å². The van der Waals surface area contributed by atoms with E-state index in [-0.39, 0.29) is 5.91 Å². The number of hydrogen-bond acceptors (Lipinski definition) is 4. The predicted molar refractivity (Wildman–Crippen MR) is 65.9 cm³/mol. The predicted octanol–water partition coefficient (Wildman–Crippen LogP) is 1.44. The minimum atomic E-state index is -0.148. The largest absolute Gasteiger partial charge is 0.372 e. The van der Waals surface area contributed by atoms with Crippen LogP contribution in [0.25, 0.3) is 0 Å². The van der Waals surface area contributed by atoms with Crippen LogP contribution in [0.4, 0.5) is 5.82 Å². The first-order valence-electron chi connectivity index (χ1n) is 6.07. The molecule has 1 heterocycles.